The molecule has 0 atom stereocenters. The number of aromatic nitrogens is 6. The predicted octanol–water partition coefficient (Wildman–Crippen LogP) is 4.94. The number of nitrogens with one attached hydrogen (secondary N) is 2. The highest BCUT2D eigenvalue weighted by Gasteiger charge is 2.30. The quantitative estimate of drug-likeness (QED) is 0.334. The average Bonchev–Trinajstić information content (AvgIpc) is 3.66. The monoisotopic (exact) mass is 604 g/mol. The molecule has 3 heterocycles. The van der Waals surface area contributed by atoms with E-state index < -0.39 is 43.4 Å². The van der Waals surface area contributed by atoms with Gasteiger partial charge in [-0.2, -0.15) is 23.4 Å². The van der Waals surface area contributed by atoms with E-state index in [4.69, 9.17) is 0 Å². The van der Waals surface area contributed by atoms with Gasteiger partial charge >= 0.3 is 6.18 Å². The lowest BCUT2D eigenvalue weighted by molar-refractivity contribution is -0.144. The van der Waals surface area contributed by atoms with Gasteiger partial charge in [-0.25, -0.2) is 32.3 Å². The summed E-state index contributed by atoms with van der Waals surface area (Å²) in [6, 6.07) is 1.61. The number of carbonyl (C=O) groups excluding carboxylic acids is 2. The van der Waals surface area contributed by atoms with E-state index in [9.17, 15) is 35.9 Å². The molecule has 232 valence electrons. The Balaban J connectivity index is 0.000000364. The lowest BCUT2D eigenvalue weighted by atomic mass is 9.97. The first-order valence-electron chi connectivity index (χ1n) is 13.7. The second-order valence-corrected chi connectivity index (χ2v) is 9.95. The van der Waals surface area contributed by atoms with Crippen molar-refractivity contribution in [3.8, 4) is 0 Å². The SMILES string of the molecule is C1CC1.FC1(F)CCCCC1.O=C(CCC(F)(F)F)NCc1cnn2cc(CNC(=O)c3ncnn3CCF)nc2c1. The van der Waals surface area contributed by atoms with Crippen molar-refractivity contribution in [2.75, 3.05) is 6.67 Å². The van der Waals surface area contributed by atoms with Crippen LogP contribution in [0.1, 0.15) is 86.1 Å². The molecule has 0 spiro atoms. The van der Waals surface area contributed by atoms with Crippen LogP contribution in [-0.4, -0.2) is 60.0 Å². The van der Waals surface area contributed by atoms with Crippen LogP contribution in [0.15, 0.2) is 24.8 Å². The van der Waals surface area contributed by atoms with E-state index in [-0.39, 0.29) is 38.3 Å². The second kappa shape index (κ2) is 15.5. The Morgan fingerprint density at radius 1 is 0.976 bits per heavy atom. The summed E-state index contributed by atoms with van der Waals surface area (Å²) in [5.74, 6) is -3.61. The molecule has 2 aliphatic carbocycles. The first kappa shape index (κ1) is 32.8. The number of hydrogen-bond acceptors (Lipinski definition) is 6. The summed E-state index contributed by atoms with van der Waals surface area (Å²) < 4.78 is 75.9. The highest BCUT2D eigenvalue weighted by atomic mass is 19.4. The van der Waals surface area contributed by atoms with Crippen molar-refractivity contribution >= 4 is 17.5 Å². The van der Waals surface area contributed by atoms with Crippen molar-refractivity contribution in [2.45, 2.75) is 95.9 Å². The number of carbonyl (C=O) groups is 2. The largest absolute Gasteiger partial charge is 0.389 e. The van der Waals surface area contributed by atoms with Gasteiger partial charge in [-0.15, -0.1) is 0 Å². The number of rotatable bonds is 9. The second-order valence-electron chi connectivity index (χ2n) is 9.95. The van der Waals surface area contributed by atoms with Crippen LogP contribution >= 0.6 is 0 Å². The number of imidazole rings is 1. The van der Waals surface area contributed by atoms with E-state index >= 15 is 0 Å². The minimum Gasteiger partial charge on any atom is -0.352 e. The number of amides is 2. The normalized spacial score (nSPS) is 15.6. The molecule has 0 aliphatic heterocycles. The van der Waals surface area contributed by atoms with Crippen LogP contribution in [0.5, 0.6) is 0 Å². The van der Waals surface area contributed by atoms with Crippen LogP contribution in [0.2, 0.25) is 0 Å². The zero-order chi connectivity index (χ0) is 30.6. The molecular weight excluding hydrogens is 570 g/mol. The first-order chi connectivity index (χ1) is 20.0. The fourth-order valence-electron chi connectivity index (χ4n) is 3.69. The van der Waals surface area contributed by atoms with Gasteiger partial charge in [-0.3, -0.25) is 9.59 Å². The lowest BCUT2D eigenvalue weighted by Gasteiger charge is -2.20. The van der Waals surface area contributed by atoms with Crippen molar-refractivity contribution in [3.63, 3.8) is 0 Å². The van der Waals surface area contributed by atoms with Gasteiger partial charge in [-0.05, 0) is 24.5 Å². The maximum absolute atomic E-state index is 12.5. The zero-order valence-electron chi connectivity index (χ0n) is 23.0. The Hall–Kier alpha value is -3.72. The third-order valence-corrected chi connectivity index (χ3v) is 6.04. The summed E-state index contributed by atoms with van der Waals surface area (Å²) in [5.41, 5.74) is 1.45. The minimum atomic E-state index is -4.39. The van der Waals surface area contributed by atoms with E-state index in [0.717, 1.165) is 17.4 Å². The van der Waals surface area contributed by atoms with Crippen LogP contribution in [-0.2, 0) is 24.4 Å². The van der Waals surface area contributed by atoms with Gasteiger partial charge in [0, 0.05) is 25.8 Å². The van der Waals surface area contributed by atoms with Crippen molar-refractivity contribution in [3.05, 3.63) is 41.9 Å². The third kappa shape index (κ3) is 12.0. The summed E-state index contributed by atoms with van der Waals surface area (Å²) in [6.45, 7) is -0.721. The van der Waals surface area contributed by atoms with Crippen LogP contribution in [0, 0.1) is 0 Å². The molecule has 2 saturated carbocycles. The molecule has 3 aromatic rings. The van der Waals surface area contributed by atoms with Gasteiger partial charge in [0.05, 0.1) is 37.6 Å². The Morgan fingerprint density at radius 2 is 1.67 bits per heavy atom. The number of fused-ring (bicyclic) bond motifs is 1. The van der Waals surface area contributed by atoms with Crippen LogP contribution in [0.25, 0.3) is 5.65 Å². The highest BCUT2D eigenvalue weighted by Crippen LogP contribution is 2.32. The van der Waals surface area contributed by atoms with E-state index in [1.54, 1.807) is 12.3 Å². The summed E-state index contributed by atoms with van der Waals surface area (Å²) >= 11 is 0. The van der Waals surface area contributed by atoms with E-state index in [1.807, 2.05) is 0 Å². The van der Waals surface area contributed by atoms with Crippen molar-refractivity contribution in [2.24, 2.45) is 0 Å². The van der Waals surface area contributed by atoms with E-state index in [2.05, 4.69) is 30.8 Å². The third-order valence-electron chi connectivity index (χ3n) is 6.04. The Morgan fingerprint density at radius 3 is 2.26 bits per heavy atom. The fraction of sp³-hybridized carbons (Fsp3) is 0.615. The Labute approximate surface area is 238 Å². The molecule has 0 bridgehead atoms. The van der Waals surface area contributed by atoms with E-state index in [1.165, 1.54) is 30.0 Å². The van der Waals surface area contributed by atoms with Crippen molar-refractivity contribution < 1.29 is 35.9 Å². The molecule has 3 aromatic heterocycles. The summed E-state index contributed by atoms with van der Waals surface area (Å²) in [4.78, 5) is 31.8. The molecule has 0 aromatic carbocycles. The zero-order valence-corrected chi connectivity index (χ0v) is 23.0. The fourth-order valence-corrected chi connectivity index (χ4v) is 3.69. The van der Waals surface area contributed by atoms with Gasteiger partial charge in [-0.1, -0.05) is 25.7 Å². The van der Waals surface area contributed by atoms with Crippen molar-refractivity contribution in [1.82, 2.24) is 40.0 Å². The topological polar surface area (TPSA) is 119 Å². The first-order valence-corrected chi connectivity index (χ1v) is 13.7. The molecule has 42 heavy (non-hydrogen) atoms. The number of aryl methyl sites for hydroxylation is 1. The molecular formula is C26H34F6N8O2. The maximum atomic E-state index is 12.5. The molecule has 16 heteroatoms. The molecule has 5 rings (SSSR count). The van der Waals surface area contributed by atoms with Gasteiger partial charge in [0.2, 0.25) is 17.7 Å². The number of alkyl halides is 6. The van der Waals surface area contributed by atoms with Crippen LogP contribution in [0.3, 0.4) is 0 Å². The van der Waals surface area contributed by atoms with E-state index in [0.29, 0.717) is 29.7 Å². The van der Waals surface area contributed by atoms with Crippen LogP contribution in [0.4, 0.5) is 26.3 Å². The van der Waals surface area contributed by atoms with Crippen LogP contribution < -0.4 is 10.6 Å². The number of nitrogens with zero attached hydrogens (tertiary/aromatic N) is 6. The Bertz CT molecular complexity index is 1280. The van der Waals surface area contributed by atoms with Gasteiger partial charge < -0.3 is 10.6 Å². The Kier molecular flexibility index (Phi) is 12.1. The van der Waals surface area contributed by atoms with Gasteiger partial charge in [0.25, 0.3) is 5.91 Å². The van der Waals surface area contributed by atoms with Gasteiger partial charge in [0.1, 0.15) is 13.0 Å². The molecule has 2 amide bonds. The molecule has 2 N–H and O–H groups in total. The molecule has 10 nitrogen and oxygen atoms in total. The lowest BCUT2D eigenvalue weighted by Crippen LogP contribution is -2.27. The van der Waals surface area contributed by atoms with Gasteiger partial charge in [0.15, 0.2) is 5.65 Å². The summed E-state index contributed by atoms with van der Waals surface area (Å²) in [5, 5.41) is 12.9. The highest BCUT2D eigenvalue weighted by molar-refractivity contribution is 5.90. The molecule has 2 fully saturated rings. The maximum Gasteiger partial charge on any atom is 0.389 e. The predicted molar refractivity (Wildman–Crippen MR) is 139 cm³/mol. The summed E-state index contributed by atoms with van der Waals surface area (Å²) in [7, 11) is 0. The smallest absolute Gasteiger partial charge is 0.352 e. The minimum absolute atomic E-state index is 0.00332. The number of hydrogen-bond donors (Lipinski definition) is 2. The standard InChI is InChI=1S/C17H18F4N8O2.C6H10F2.C3H6/c18-3-4-28-15(24-10-26-28)16(31)23-8-12-9-29-13(27-12)5-11(7-25-29)6-22-14(30)1-2-17(19,20)21;7-6(8)4-2-1-3-5-6;1-2-3-1/h5,7,9-10H,1-4,6,8H2,(H,22,30)(H,23,31);1-5H2;1-3H2. The average molecular weight is 605 g/mol. The molecule has 0 radical (unpaired) electrons. The van der Waals surface area contributed by atoms with Crippen molar-refractivity contribution in [1.29, 1.82) is 0 Å². The summed E-state index contributed by atoms with van der Waals surface area (Å²) in [6.07, 6.45) is 5.12. The number of halogens is 6. The molecule has 0 unspecified atom stereocenters. The molecule has 2 aliphatic rings. The molecule has 0 saturated heterocycles.